The highest BCUT2D eigenvalue weighted by atomic mass is 16.2. The maximum absolute atomic E-state index is 12.3. The van der Waals surface area contributed by atoms with Crippen LogP contribution >= 0.6 is 0 Å². The summed E-state index contributed by atoms with van der Waals surface area (Å²) < 4.78 is 0. The molecule has 1 saturated heterocycles. The van der Waals surface area contributed by atoms with Crippen molar-refractivity contribution in [1.29, 1.82) is 0 Å². The molecule has 0 saturated carbocycles. The highest BCUT2D eigenvalue weighted by Crippen LogP contribution is 2.22. The summed E-state index contributed by atoms with van der Waals surface area (Å²) in [6, 6.07) is 6.21. The molecule has 1 aromatic rings. The Labute approximate surface area is 132 Å². The monoisotopic (exact) mass is 300 g/mol. The number of carbonyl (C=O) groups is 2. The summed E-state index contributed by atoms with van der Waals surface area (Å²) in [5, 5.41) is 0. The first-order chi connectivity index (χ1) is 10.4. The molecule has 0 radical (unpaired) electrons. The predicted octanol–water partition coefficient (Wildman–Crippen LogP) is 2.44. The molecule has 0 aliphatic carbocycles. The lowest BCUT2D eigenvalue weighted by Gasteiger charge is -2.38. The summed E-state index contributed by atoms with van der Waals surface area (Å²) >= 11 is 0. The van der Waals surface area contributed by atoms with E-state index in [9.17, 15) is 9.59 Å². The van der Waals surface area contributed by atoms with Crippen LogP contribution in [0.3, 0.4) is 0 Å². The van der Waals surface area contributed by atoms with Crippen molar-refractivity contribution >= 4 is 11.8 Å². The number of aryl methyl sites for hydroxylation is 2. The second-order valence-corrected chi connectivity index (χ2v) is 6.01. The third-order valence-corrected chi connectivity index (χ3v) is 4.47. The van der Waals surface area contributed by atoms with Crippen LogP contribution in [0, 0.1) is 13.8 Å². The summed E-state index contributed by atoms with van der Waals surface area (Å²) in [4.78, 5) is 27.6. The van der Waals surface area contributed by atoms with Gasteiger partial charge in [0.2, 0.25) is 11.8 Å². The standard InChI is InChI=1S/C18H24N2O2/c1-5-17(21)20(15-9-10-18(22)19(4)11-15)12-16-13(2)7-6-8-14(16)3/h5-8,15H,1,9-12H2,2-4H3. The maximum atomic E-state index is 12.3. The molecule has 1 heterocycles. The van der Waals surface area contributed by atoms with E-state index in [4.69, 9.17) is 0 Å². The van der Waals surface area contributed by atoms with Gasteiger partial charge in [0.1, 0.15) is 0 Å². The Bertz CT molecular complexity index is 574. The fourth-order valence-electron chi connectivity index (χ4n) is 3.02. The van der Waals surface area contributed by atoms with Crippen molar-refractivity contribution in [2.75, 3.05) is 13.6 Å². The highest BCUT2D eigenvalue weighted by molar-refractivity contribution is 5.87. The lowest BCUT2D eigenvalue weighted by Crippen LogP contribution is -2.50. The van der Waals surface area contributed by atoms with Crippen LogP contribution in [0.4, 0.5) is 0 Å². The van der Waals surface area contributed by atoms with E-state index in [1.807, 2.05) is 11.0 Å². The summed E-state index contributed by atoms with van der Waals surface area (Å²) in [5.41, 5.74) is 3.54. The number of nitrogens with zero attached hydrogens (tertiary/aromatic N) is 2. The molecule has 1 unspecified atom stereocenters. The van der Waals surface area contributed by atoms with Gasteiger partial charge >= 0.3 is 0 Å². The van der Waals surface area contributed by atoms with Gasteiger partial charge in [-0.2, -0.15) is 0 Å². The van der Waals surface area contributed by atoms with Crippen LogP contribution in [-0.4, -0.2) is 41.2 Å². The van der Waals surface area contributed by atoms with Crippen molar-refractivity contribution in [3.63, 3.8) is 0 Å². The molecular formula is C18H24N2O2. The van der Waals surface area contributed by atoms with Crippen LogP contribution in [0.1, 0.15) is 29.5 Å². The van der Waals surface area contributed by atoms with Crippen molar-refractivity contribution in [2.45, 2.75) is 39.3 Å². The molecule has 1 aliphatic rings. The van der Waals surface area contributed by atoms with E-state index in [0.29, 0.717) is 25.9 Å². The van der Waals surface area contributed by atoms with Gasteiger partial charge in [0.15, 0.2) is 0 Å². The molecule has 4 nitrogen and oxygen atoms in total. The van der Waals surface area contributed by atoms with Gasteiger partial charge in [-0.15, -0.1) is 0 Å². The summed E-state index contributed by atoms with van der Waals surface area (Å²) in [6.07, 6.45) is 2.58. The van der Waals surface area contributed by atoms with Crippen molar-refractivity contribution < 1.29 is 9.59 Å². The molecule has 22 heavy (non-hydrogen) atoms. The third-order valence-electron chi connectivity index (χ3n) is 4.47. The first-order valence-electron chi connectivity index (χ1n) is 7.66. The van der Waals surface area contributed by atoms with Gasteiger partial charge in [0, 0.05) is 26.6 Å². The number of hydrogen-bond donors (Lipinski definition) is 0. The molecule has 0 aromatic heterocycles. The number of carbonyl (C=O) groups excluding carboxylic acids is 2. The summed E-state index contributed by atoms with van der Waals surface area (Å²) in [5.74, 6) is 0.0738. The molecule has 1 aromatic carbocycles. The maximum Gasteiger partial charge on any atom is 0.246 e. The summed E-state index contributed by atoms with van der Waals surface area (Å²) in [6.45, 7) is 8.91. The van der Waals surface area contributed by atoms with E-state index >= 15 is 0 Å². The van der Waals surface area contributed by atoms with Crippen LogP contribution in [-0.2, 0) is 16.1 Å². The normalized spacial score (nSPS) is 18.2. The summed E-state index contributed by atoms with van der Waals surface area (Å²) in [7, 11) is 1.80. The van der Waals surface area contributed by atoms with Crippen molar-refractivity contribution in [3.8, 4) is 0 Å². The molecule has 1 atom stereocenters. The minimum Gasteiger partial charge on any atom is -0.344 e. The topological polar surface area (TPSA) is 40.6 Å². The van der Waals surface area contributed by atoms with Crippen LogP contribution in [0.15, 0.2) is 30.9 Å². The average molecular weight is 300 g/mol. The van der Waals surface area contributed by atoms with E-state index in [1.165, 1.54) is 22.8 Å². The molecule has 2 rings (SSSR count). The number of benzene rings is 1. The smallest absolute Gasteiger partial charge is 0.246 e. The quantitative estimate of drug-likeness (QED) is 0.801. The number of likely N-dealkylation sites (tertiary alicyclic amines) is 1. The van der Waals surface area contributed by atoms with Gasteiger partial charge in [-0.1, -0.05) is 24.8 Å². The van der Waals surface area contributed by atoms with Crippen LogP contribution in [0.25, 0.3) is 0 Å². The van der Waals surface area contributed by atoms with Crippen LogP contribution in [0.2, 0.25) is 0 Å². The molecule has 0 N–H and O–H groups in total. The number of rotatable bonds is 4. The van der Waals surface area contributed by atoms with Crippen molar-refractivity contribution in [3.05, 3.63) is 47.5 Å². The van der Waals surface area contributed by atoms with Gasteiger partial charge in [-0.25, -0.2) is 0 Å². The Morgan fingerprint density at radius 3 is 2.59 bits per heavy atom. The van der Waals surface area contributed by atoms with E-state index in [0.717, 1.165) is 0 Å². The first-order valence-corrected chi connectivity index (χ1v) is 7.66. The minimum absolute atomic E-state index is 0.0483. The fourth-order valence-corrected chi connectivity index (χ4v) is 3.02. The molecule has 0 bridgehead atoms. The van der Waals surface area contributed by atoms with Crippen LogP contribution in [0.5, 0.6) is 0 Å². The SMILES string of the molecule is C=CC(=O)N(Cc1c(C)cccc1C)C1CCC(=O)N(C)C1. The number of piperidine rings is 1. The van der Waals surface area contributed by atoms with Gasteiger partial charge < -0.3 is 9.80 Å². The van der Waals surface area contributed by atoms with Gasteiger partial charge in [0.25, 0.3) is 0 Å². The first kappa shape index (κ1) is 16.3. The molecular weight excluding hydrogens is 276 g/mol. The Balaban J connectivity index is 2.26. The Morgan fingerprint density at radius 1 is 1.41 bits per heavy atom. The number of likely N-dealkylation sites (N-methyl/N-ethyl adjacent to an activating group) is 1. The zero-order valence-electron chi connectivity index (χ0n) is 13.6. The van der Waals surface area contributed by atoms with E-state index in [-0.39, 0.29) is 17.9 Å². The zero-order chi connectivity index (χ0) is 16.3. The van der Waals surface area contributed by atoms with E-state index in [1.54, 1.807) is 11.9 Å². The zero-order valence-corrected chi connectivity index (χ0v) is 13.6. The lowest BCUT2D eigenvalue weighted by atomic mass is 9.99. The predicted molar refractivity (Wildman–Crippen MR) is 87.3 cm³/mol. The van der Waals surface area contributed by atoms with Crippen molar-refractivity contribution in [1.82, 2.24) is 9.80 Å². The number of amides is 2. The highest BCUT2D eigenvalue weighted by Gasteiger charge is 2.30. The number of hydrogen-bond acceptors (Lipinski definition) is 2. The Hall–Kier alpha value is -2.10. The molecule has 2 amide bonds. The van der Waals surface area contributed by atoms with Crippen LogP contribution < -0.4 is 0 Å². The second kappa shape index (κ2) is 6.77. The minimum atomic E-state index is -0.0737. The largest absolute Gasteiger partial charge is 0.344 e. The lowest BCUT2D eigenvalue weighted by molar-refractivity contribution is -0.138. The third kappa shape index (κ3) is 3.38. The average Bonchev–Trinajstić information content (AvgIpc) is 2.49. The molecule has 1 fully saturated rings. The Morgan fingerprint density at radius 2 is 2.05 bits per heavy atom. The van der Waals surface area contributed by atoms with E-state index in [2.05, 4.69) is 32.6 Å². The molecule has 0 spiro atoms. The fraction of sp³-hybridized carbons (Fsp3) is 0.444. The van der Waals surface area contributed by atoms with Gasteiger partial charge in [-0.3, -0.25) is 9.59 Å². The second-order valence-electron chi connectivity index (χ2n) is 6.01. The Kier molecular flexibility index (Phi) is 5.01. The molecule has 1 aliphatic heterocycles. The molecule has 4 heteroatoms. The van der Waals surface area contributed by atoms with Crippen molar-refractivity contribution in [2.24, 2.45) is 0 Å². The van der Waals surface area contributed by atoms with Gasteiger partial charge in [-0.05, 0) is 43.0 Å². The molecule has 118 valence electrons. The van der Waals surface area contributed by atoms with E-state index < -0.39 is 0 Å². The van der Waals surface area contributed by atoms with Gasteiger partial charge in [0.05, 0.1) is 6.04 Å².